The number of rotatable bonds is 4. The van der Waals surface area contributed by atoms with E-state index < -0.39 is 0 Å². The molecule has 3 rings (SSSR count). The molecule has 2 aromatic rings. The maximum atomic E-state index is 4.79. The lowest BCUT2D eigenvalue weighted by atomic mass is 10.3. The first kappa shape index (κ1) is 15.4. The quantitative estimate of drug-likeness (QED) is 0.688. The van der Waals surface area contributed by atoms with Crippen molar-refractivity contribution in [2.24, 2.45) is 4.99 Å². The zero-order chi connectivity index (χ0) is 15.2. The van der Waals surface area contributed by atoms with Crippen LogP contribution in [0.15, 0.2) is 40.0 Å². The maximum absolute atomic E-state index is 4.79. The summed E-state index contributed by atoms with van der Waals surface area (Å²) in [5.74, 6) is 1.04. The van der Waals surface area contributed by atoms with Crippen LogP contribution in [0.1, 0.15) is 11.8 Å². The average Bonchev–Trinajstić information content (AvgIpc) is 3.25. The molecule has 1 aliphatic heterocycles. The Bertz CT molecular complexity index is 569. The minimum atomic E-state index is 0.769. The number of hydrogen-bond donors (Lipinski definition) is 1. The van der Waals surface area contributed by atoms with E-state index in [-0.39, 0.29) is 0 Å². The zero-order valence-corrected chi connectivity index (χ0v) is 14.5. The van der Waals surface area contributed by atoms with E-state index in [0.29, 0.717) is 0 Å². The van der Waals surface area contributed by atoms with Gasteiger partial charge in [-0.05, 0) is 35.9 Å². The van der Waals surface area contributed by atoms with Gasteiger partial charge in [-0.15, -0.1) is 22.7 Å². The molecule has 0 amide bonds. The molecular formula is C16H22N4S2. The van der Waals surface area contributed by atoms with E-state index in [9.17, 15) is 0 Å². The second kappa shape index (κ2) is 7.65. The van der Waals surface area contributed by atoms with Crippen molar-refractivity contribution in [3.63, 3.8) is 0 Å². The lowest BCUT2D eigenvalue weighted by Crippen LogP contribution is -2.52. The fraction of sp³-hybridized carbons (Fsp3) is 0.438. The highest BCUT2D eigenvalue weighted by Gasteiger charge is 2.20. The van der Waals surface area contributed by atoms with Gasteiger partial charge in [0, 0.05) is 37.6 Å². The Kier molecular flexibility index (Phi) is 5.34. The van der Waals surface area contributed by atoms with Crippen molar-refractivity contribution in [1.82, 2.24) is 10.2 Å². The van der Waals surface area contributed by atoms with Gasteiger partial charge >= 0.3 is 0 Å². The van der Waals surface area contributed by atoms with E-state index in [0.717, 1.165) is 45.2 Å². The number of nitrogens with zero attached hydrogens (tertiary/aromatic N) is 3. The molecule has 0 atom stereocenters. The van der Waals surface area contributed by atoms with Crippen molar-refractivity contribution in [2.75, 3.05) is 37.6 Å². The minimum Gasteiger partial charge on any atom is -0.360 e. The van der Waals surface area contributed by atoms with Gasteiger partial charge < -0.3 is 15.1 Å². The van der Waals surface area contributed by atoms with Gasteiger partial charge in [0.2, 0.25) is 0 Å². The van der Waals surface area contributed by atoms with Crippen molar-refractivity contribution >= 4 is 33.6 Å². The molecule has 0 aromatic carbocycles. The maximum Gasteiger partial charge on any atom is 0.194 e. The van der Waals surface area contributed by atoms with Gasteiger partial charge in [-0.1, -0.05) is 6.07 Å². The first-order chi connectivity index (χ1) is 10.9. The van der Waals surface area contributed by atoms with E-state index in [1.54, 1.807) is 11.3 Å². The molecule has 4 nitrogen and oxygen atoms in total. The predicted molar refractivity (Wildman–Crippen MR) is 97.2 cm³/mol. The van der Waals surface area contributed by atoms with Crippen molar-refractivity contribution in [3.8, 4) is 0 Å². The fourth-order valence-electron chi connectivity index (χ4n) is 2.57. The molecule has 3 heterocycles. The second-order valence-corrected chi connectivity index (χ2v) is 7.13. The summed E-state index contributed by atoms with van der Waals surface area (Å²) < 4.78 is 0. The van der Waals surface area contributed by atoms with E-state index in [2.05, 4.69) is 57.1 Å². The van der Waals surface area contributed by atoms with Crippen molar-refractivity contribution in [3.05, 3.63) is 39.9 Å². The van der Waals surface area contributed by atoms with Gasteiger partial charge in [0.25, 0.3) is 0 Å². The third-order valence-electron chi connectivity index (χ3n) is 3.70. The van der Waals surface area contributed by atoms with E-state index >= 15 is 0 Å². The molecule has 0 bridgehead atoms. The Balaban J connectivity index is 1.59. The molecule has 0 aliphatic carbocycles. The van der Waals surface area contributed by atoms with Crippen LogP contribution in [-0.4, -0.2) is 43.6 Å². The number of anilines is 1. The molecule has 0 unspecified atom stereocenters. The molecule has 6 heteroatoms. The smallest absolute Gasteiger partial charge is 0.194 e. The standard InChI is InChI=1S/C16H22N4S2/c1-2-17-16(18-13-14-5-3-11-21-14)20-9-7-19(8-10-20)15-6-4-12-22-15/h3-6,11-12H,2,7-10,13H2,1H3,(H,17,18). The fourth-order valence-corrected chi connectivity index (χ4v) is 3.98. The molecule has 0 saturated carbocycles. The summed E-state index contributed by atoms with van der Waals surface area (Å²) in [5, 5.41) is 9.06. The normalized spacial score (nSPS) is 16.1. The molecule has 2 aromatic heterocycles. The summed E-state index contributed by atoms with van der Waals surface area (Å²) in [6.07, 6.45) is 0. The molecule has 0 radical (unpaired) electrons. The summed E-state index contributed by atoms with van der Waals surface area (Å²) in [5.41, 5.74) is 0. The molecule has 118 valence electrons. The lowest BCUT2D eigenvalue weighted by molar-refractivity contribution is 0.373. The van der Waals surface area contributed by atoms with Gasteiger partial charge in [0.1, 0.15) is 0 Å². The van der Waals surface area contributed by atoms with Crippen molar-refractivity contribution < 1.29 is 0 Å². The first-order valence-electron chi connectivity index (χ1n) is 7.71. The van der Waals surface area contributed by atoms with Crippen LogP contribution in [0.5, 0.6) is 0 Å². The van der Waals surface area contributed by atoms with E-state index in [1.165, 1.54) is 9.88 Å². The molecular weight excluding hydrogens is 312 g/mol. The van der Waals surface area contributed by atoms with E-state index in [4.69, 9.17) is 4.99 Å². The van der Waals surface area contributed by atoms with Crippen molar-refractivity contribution in [1.29, 1.82) is 0 Å². The molecule has 1 fully saturated rings. The molecule has 22 heavy (non-hydrogen) atoms. The Morgan fingerprint density at radius 1 is 1.14 bits per heavy atom. The number of aliphatic imine (C=N–C) groups is 1. The highest BCUT2D eigenvalue weighted by Crippen LogP contribution is 2.22. The van der Waals surface area contributed by atoms with Gasteiger partial charge in [0.15, 0.2) is 5.96 Å². The Morgan fingerprint density at radius 3 is 2.55 bits per heavy atom. The molecule has 0 spiro atoms. The van der Waals surface area contributed by atoms with Gasteiger partial charge in [-0.3, -0.25) is 0 Å². The Morgan fingerprint density at radius 2 is 1.91 bits per heavy atom. The van der Waals surface area contributed by atoms with Crippen LogP contribution < -0.4 is 10.2 Å². The summed E-state index contributed by atoms with van der Waals surface area (Å²) >= 11 is 3.59. The third kappa shape index (κ3) is 3.81. The van der Waals surface area contributed by atoms with Crippen LogP contribution in [0, 0.1) is 0 Å². The summed E-state index contributed by atoms with van der Waals surface area (Å²) in [7, 11) is 0. The summed E-state index contributed by atoms with van der Waals surface area (Å²) in [6, 6.07) is 8.56. The highest BCUT2D eigenvalue weighted by atomic mass is 32.1. The molecule has 1 aliphatic rings. The van der Waals surface area contributed by atoms with Crippen LogP contribution >= 0.6 is 22.7 Å². The Hall–Kier alpha value is -1.53. The zero-order valence-electron chi connectivity index (χ0n) is 12.9. The number of piperazine rings is 1. The number of hydrogen-bond acceptors (Lipinski definition) is 4. The van der Waals surface area contributed by atoms with E-state index in [1.807, 2.05) is 11.3 Å². The first-order valence-corrected chi connectivity index (χ1v) is 9.47. The third-order valence-corrected chi connectivity index (χ3v) is 5.49. The average molecular weight is 335 g/mol. The monoisotopic (exact) mass is 334 g/mol. The largest absolute Gasteiger partial charge is 0.360 e. The summed E-state index contributed by atoms with van der Waals surface area (Å²) in [4.78, 5) is 10.9. The second-order valence-electron chi connectivity index (χ2n) is 5.17. The highest BCUT2D eigenvalue weighted by molar-refractivity contribution is 7.14. The van der Waals surface area contributed by atoms with Gasteiger partial charge in [-0.25, -0.2) is 4.99 Å². The Labute approximate surface area is 140 Å². The van der Waals surface area contributed by atoms with Crippen LogP contribution in [0.3, 0.4) is 0 Å². The SMILES string of the molecule is CCNC(=NCc1cccs1)N1CCN(c2cccs2)CC1. The van der Waals surface area contributed by atoms with Crippen LogP contribution in [-0.2, 0) is 6.54 Å². The number of guanidine groups is 1. The van der Waals surface area contributed by atoms with Crippen molar-refractivity contribution in [2.45, 2.75) is 13.5 Å². The minimum absolute atomic E-state index is 0.769. The van der Waals surface area contributed by atoms with Crippen LogP contribution in [0.25, 0.3) is 0 Å². The van der Waals surface area contributed by atoms with Gasteiger partial charge in [-0.2, -0.15) is 0 Å². The van der Waals surface area contributed by atoms with Gasteiger partial charge in [0.05, 0.1) is 11.5 Å². The van der Waals surface area contributed by atoms with Crippen LogP contribution in [0.4, 0.5) is 5.00 Å². The topological polar surface area (TPSA) is 30.9 Å². The predicted octanol–water partition coefficient (Wildman–Crippen LogP) is 3.10. The number of thiophene rings is 2. The van der Waals surface area contributed by atoms with Crippen LogP contribution in [0.2, 0.25) is 0 Å². The number of nitrogens with one attached hydrogen (secondary N) is 1. The lowest BCUT2D eigenvalue weighted by Gasteiger charge is -2.37. The molecule has 1 saturated heterocycles. The summed E-state index contributed by atoms with van der Waals surface area (Å²) in [6.45, 7) is 7.97. The molecule has 1 N–H and O–H groups in total.